The maximum Gasteiger partial charge on any atom is 0.253 e. The van der Waals surface area contributed by atoms with E-state index in [2.05, 4.69) is 10.9 Å². The molecule has 2 rings (SSSR count). The van der Waals surface area contributed by atoms with Crippen molar-refractivity contribution in [2.24, 2.45) is 0 Å². The second-order valence-electron chi connectivity index (χ2n) is 6.42. The van der Waals surface area contributed by atoms with Gasteiger partial charge in [-0.15, -0.1) is 0 Å². The number of nitrogens with one attached hydrogen (secondary N) is 2. The highest BCUT2D eigenvalue weighted by Gasteiger charge is 2.23. The van der Waals surface area contributed by atoms with Gasteiger partial charge in [-0.1, -0.05) is 29.8 Å². The highest BCUT2D eigenvalue weighted by molar-refractivity contribution is 7.89. The zero-order chi connectivity index (χ0) is 22.1. The summed E-state index contributed by atoms with van der Waals surface area (Å²) in [6.07, 6.45) is -0.0180. The van der Waals surface area contributed by atoms with E-state index in [1.807, 2.05) is 6.92 Å². The standard InChI is InChI=1S/C20H25N3O6S/c1-15-8-10-16(11-9-15)30(26,27)23(2)14-20(25)22-21-19(24)12-13-29-18-7-5-4-6-17(18)28-3/h4-11H,12-14H2,1-3H3,(H,21,24)(H,22,25). The SMILES string of the molecule is COc1ccccc1OCCC(=O)NNC(=O)CN(C)S(=O)(=O)c1ccc(C)cc1. The second kappa shape index (κ2) is 10.6. The maximum absolute atomic E-state index is 12.5. The van der Waals surface area contributed by atoms with Crippen LogP contribution in [0.15, 0.2) is 53.4 Å². The molecule has 2 aromatic carbocycles. The number of methoxy groups -OCH3 is 1. The minimum absolute atomic E-state index is 0.0180. The zero-order valence-electron chi connectivity index (χ0n) is 17.0. The Hall–Kier alpha value is -3.11. The minimum atomic E-state index is -3.81. The molecule has 0 aromatic heterocycles. The number of ether oxygens (including phenoxy) is 2. The maximum atomic E-state index is 12.5. The van der Waals surface area contributed by atoms with Gasteiger partial charge < -0.3 is 9.47 Å². The monoisotopic (exact) mass is 435 g/mol. The van der Waals surface area contributed by atoms with Crippen LogP contribution in [0.4, 0.5) is 0 Å². The van der Waals surface area contributed by atoms with E-state index in [9.17, 15) is 18.0 Å². The first kappa shape index (κ1) is 23.2. The van der Waals surface area contributed by atoms with E-state index in [1.54, 1.807) is 36.4 Å². The van der Waals surface area contributed by atoms with Crippen LogP contribution in [0.2, 0.25) is 0 Å². The van der Waals surface area contributed by atoms with Gasteiger partial charge in [-0.2, -0.15) is 4.31 Å². The number of benzene rings is 2. The Balaban J connectivity index is 1.76. The number of hydrogen-bond acceptors (Lipinski definition) is 6. The lowest BCUT2D eigenvalue weighted by atomic mass is 10.2. The van der Waals surface area contributed by atoms with Crippen LogP contribution in [0.5, 0.6) is 11.5 Å². The summed E-state index contributed by atoms with van der Waals surface area (Å²) in [6.45, 7) is 1.47. The summed E-state index contributed by atoms with van der Waals surface area (Å²) < 4.78 is 36.5. The third-order valence-electron chi connectivity index (χ3n) is 4.09. The normalized spacial score (nSPS) is 11.1. The predicted octanol–water partition coefficient (Wildman–Crippen LogP) is 1.24. The van der Waals surface area contributed by atoms with E-state index in [4.69, 9.17) is 9.47 Å². The molecule has 0 aliphatic carbocycles. The van der Waals surface area contributed by atoms with Gasteiger partial charge in [0.05, 0.1) is 31.6 Å². The number of hydrogen-bond donors (Lipinski definition) is 2. The van der Waals surface area contributed by atoms with Crippen molar-refractivity contribution in [3.63, 3.8) is 0 Å². The van der Waals surface area contributed by atoms with E-state index in [-0.39, 0.29) is 17.9 Å². The van der Waals surface area contributed by atoms with E-state index in [1.165, 1.54) is 26.3 Å². The summed E-state index contributed by atoms with van der Waals surface area (Å²) in [6, 6.07) is 13.3. The number of hydrazine groups is 1. The average molecular weight is 436 g/mol. The van der Waals surface area contributed by atoms with Crippen LogP contribution in [-0.2, 0) is 19.6 Å². The molecule has 0 heterocycles. The van der Waals surface area contributed by atoms with Crippen LogP contribution in [-0.4, -0.2) is 51.8 Å². The smallest absolute Gasteiger partial charge is 0.253 e. The Morgan fingerprint density at radius 3 is 2.20 bits per heavy atom. The van der Waals surface area contributed by atoms with Gasteiger partial charge in [0.1, 0.15) is 0 Å². The van der Waals surface area contributed by atoms with Crippen molar-refractivity contribution in [2.45, 2.75) is 18.2 Å². The Morgan fingerprint density at radius 1 is 0.967 bits per heavy atom. The van der Waals surface area contributed by atoms with Gasteiger partial charge in [-0.25, -0.2) is 8.42 Å². The first-order valence-electron chi connectivity index (χ1n) is 9.10. The van der Waals surface area contributed by atoms with Crippen molar-refractivity contribution < 1.29 is 27.5 Å². The molecule has 0 unspecified atom stereocenters. The highest BCUT2D eigenvalue weighted by Crippen LogP contribution is 2.25. The Morgan fingerprint density at radius 2 is 1.57 bits per heavy atom. The van der Waals surface area contributed by atoms with Crippen LogP contribution in [0, 0.1) is 6.92 Å². The molecule has 0 radical (unpaired) electrons. The van der Waals surface area contributed by atoms with Crippen LogP contribution < -0.4 is 20.3 Å². The number of aryl methyl sites for hydroxylation is 1. The van der Waals surface area contributed by atoms with Gasteiger partial charge in [-0.3, -0.25) is 20.4 Å². The summed E-state index contributed by atoms with van der Waals surface area (Å²) >= 11 is 0. The summed E-state index contributed by atoms with van der Waals surface area (Å²) in [5.41, 5.74) is 5.35. The van der Waals surface area contributed by atoms with Crippen molar-refractivity contribution in [1.82, 2.24) is 15.2 Å². The minimum Gasteiger partial charge on any atom is -0.493 e. The highest BCUT2D eigenvalue weighted by atomic mass is 32.2. The number of para-hydroxylation sites is 2. The summed E-state index contributed by atoms with van der Waals surface area (Å²) in [5, 5.41) is 0. The predicted molar refractivity (Wildman–Crippen MR) is 110 cm³/mol. The molecular formula is C20H25N3O6S. The van der Waals surface area contributed by atoms with Crippen molar-refractivity contribution in [3.8, 4) is 11.5 Å². The molecule has 0 aliphatic rings. The zero-order valence-corrected chi connectivity index (χ0v) is 17.9. The lowest BCUT2D eigenvalue weighted by molar-refractivity contribution is -0.129. The fourth-order valence-electron chi connectivity index (χ4n) is 2.41. The first-order valence-corrected chi connectivity index (χ1v) is 10.5. The Kier molecular flexibility index (Phi) is 8.19. The molecule has 30 heavy (non-hydrogen) atoms. The van der Waals surface area contributed by atoms with Crippen LogP contribution in [0.1, 0.15) is 12.0 Å². The molecule has 0 fully saturated rings. The molecule has 0 aliphatic heterocycles. The van der Waals surface area contributed by atoms with E-state index in [0.29, 0.717) is 11.5 Å². The van der Waals surface area contributed by atoms with Crippen molar-refractivity contribution in [3.05, 3.63) is 54.1 Å². The largest absolute Gasteiger partial charge is 0.493 e. The van der Waals surface area contributed by atoms with Crippen LogP contribution in [0.25, 0.3) is 0 Å². The fourth-order valence-corrected chi connectivity index (χ4v) is 3.54. The van der Waals surface area contributed by atoms with Gasteiger partial charge in [-0.05, 0) is 31.2 Å². The second-order valence-corrected chi connectivity index (χ2v) is 8.46. The molecule has 2 aromatic rings. The summed E-state index contributed by atoms with van der Waals surface area (Å²) in [7, 11) is -1.01. The lowest BCUT2D eigenvalue weighted by Gasteiger charge is -2.17. The molecule has 0 bridgehead atoms. The number of carbonyl (C=O) groups is 2. The fraction of sp³-hybridized carbons (Fsp3) is 0.300. The van der Waals surface area contributed by atoms with Gasteiger partial charge in [0.2, 0.25) is 15.9 Å². The molecule has 10 heteroatoms. The molecular weight excluding hydrogens is 410 g/mol. The molecule has 0 spiro atoms. The number of nitrogens with zero attached hydrogens (tertiary/aromatic N) is 1. The molecule has 162 valence electrons. The van der Waals surface area contributed by atoms with E-state index < -0.39 is 28.4 Å². The number of likely N-dealkylation sites (N-methyl/N-ethyl adjacent to an activating group) is 1. The molecule has 9 nitrogen and oxygen atoms in total. The lowest BCUT2D eigenvalue weighted by Crippen LogP contribution is -2.47. The number of sulfonamides is 1. The first-order chi connectivity index (χ1) is 14.2. The van der Waals surface area contributed by atoms with Crippen molar-refractivity contribution >= 4 is 21.8 Å². The molecule has 0 saturated heterocycles. The topological polar surface area (TPSA) is 114 Å². The molecule has 2 amide bonds. The quantitative estimate of drug-likeness (QED) is 0.573. The molecule has 0 atom stereocenters. The van der Waals surface area contributed by atoms with Crippen LogP contribution in [0.3, 0.4) is 0 Å². The third kappa shape index (κ3) is 6.46. The van der Waals surface area contributed by atoms with Gasteiger partial charge in [0, 0.05) is 7.05 Å². The van der Waals surface area contributed by atoms with Crippen molar-refractivity contribution in [1.29, 1.82) is 0 Å². The number of rotatable bonds is 9. The van der Waals surface area contributed by atoms with Crippen molar-refractivity contribution in [2.75, 3.05) is 27.3 Å². The molecule has 2 N–H and O–H groups in total. The Labute approximate surface area is 176 Å². The third-order valence-corrected chi connectivity index (χ3v) is 5.91. The van der Waals surface area contributed by atoms with Gasteiger partial charge in [0.25, 0.3) is 5.91 Å². The van der Waals surface area contributed by atoms with E-state index in [0.717, 1.165) is 9.87 Å². The Bertz CT molecular complexity index is 976. The number of carbonyl (C=O) groups excluding carboxylic acids is 2. The van der Waals surface area contributed by atoms with E-state index >= 15 is 0 Å². The summed E-state index contributed by atoms with van der Waals surface area (Å²) in [5.74, 6) is -0.113. The van der Waals surface area contributed by atoms with Gasteiger partial charge in [0.15, 0.2) is 11.5 Å². The molecule has 0 saturated carbocycles. The van der Waals surface area contributed by atoms with Gasteiger partial charge >= 0.3 is 0 Å². The number of amides is 2. The average Bonchev–Trinajstić information content (AvgIpc) is 2.73. The summed E-state index contributed by atoms with van der Waals surface area (Å²) in [4.78, 5) is 23.9. The van der Waals surface area contributed by atoms with Crippen LogP contribution >= 0.6 is 0 Å².